The maximum atomic E-state index is 11.5. The van der Waals surface area contributed by atoms with Crippen LogP contribution in [0, 0.1) is 0 Å². The molecule has 1 saturated carbocycles. The lowest BCUT2D eigenvalue weighted by Crippen LogP contribution is -1.97. The topological polar surface area (TPSA) is 44.1 Å². The molecule has 0 aliphatic heterocycles. The molecule has 5 heteroatoms. The Balaban J connectivity index is 2.01. The lowest BCUT2D eigenvalue weighted by molar-refractivity contribution is 0.0606. The van der Waals surface area contributed by atoms with Crippen molar-refractivity contribution in [1.29, 1.82) is 0 Å². The average molecular weight is 262 g/mol. The molecule has 0 aromatic carbocycles. The minimum atomic E-state index is -0.276. The molecule has 2 aromatic rings. The third kappa shape index (κ3) is 1.84. The monoisotopic (exact) mass is 262 g/mol. The predicted octanol–water partition coefficient (Wildman–Crippen LogP) is 2.81. The van der Waals surface area contributed by atoms with Crippen LogP contribution in [-0.4, -0.2) is 22.9 Å². The van der Waals surface area contributed by atoms with Gasteiger partial charge in [-0.3, -0.25) is 4.68 Å². The Morgan fingerprint density at radius 3 is 3.00 bits per heavy atom. The Kier molecular flexibility index (Phi) is 2.70. The number of esters is 1. The molecule has 0 N–H and O–H groups in total. The van der Waals surface area contributed by atoms with E-state index in [0.717, 1.165) is 11.3 Å². The number of nitrogens with zero attached hydrogens (tertiary/aromatic N) is 2. The SMILES string of the molecule is COC(=O)c1cc(-c2c(C3CC3)cnn2C)cs1. The molecule has 1 fully saturated rings. The van der Waals surface area contributed by atoms with Gasteiger partial charge in [-0.1, -0.05) is 0 Å². The Hall–Kier alpha value is -1.62. The molecule has 0 unspecified atom stereocenters. The first-order chi connectivity index (χ1) is 8.70. The van der Waals surface area contributed by atoms with Gasteiger partial charge in [0.1, 0.15) is 4.88 Å². The first-order valence-electron chi connectivity index (χ1n) is 5.90. The van der Waals surface area contributed by atoms with Gasteiger partial charge in [-0.25, -0.2) is 4.79 Å². The van der Waals surface area contributed by atoms with Gasteiger partial charge in [-0.2, -0.15) is 5.10 Å². The van der Waals surface area contributed by atoms with Gasteiger partial charge >= 0.3 is 5.97 Å². The highest BCUT2D eigenvalue weighted by atomic mass is 32.1. The van der Waals surface area contributed by atoms with Crippen LogP contribution >= 0.6 is 11.3 Å². The second kappa shape index (κ2) is 4.24. The average Bonchev–Trinajstić information content (AvgIpc) is 2.98. The summed E-state index contributed by atoms with van der Waals surface area (Å²) in [6, 6.07) is 1.89. The summed E-state index contributed by atoms with van der Waals surface area (Å²) in [6.45, 7) is 0. The zero-order chi connectivity index (χ0) is 12.7. The van der Waals surface area contributed by atoms with Crippen molar-refractivity contribution in [2.24, 2.45) is 7.05 Å². The molecule has 0 amide bonds. The van der Waals surface area contributed by atoms with Gasteiger partial charge in [0, 0.05) is 23.6 Å². The molecule has 0 radical (unpaired) electrons. The van der Waals surface area contributed by atoms with Crippen molar-refractivity contribution in [2.45, 2.75) is 18.8 Å². The van der Waals surface area contributed by atoms with Gasteiger partial charge < -0.3 is 4.74 Å². The standard InChI is InChI=1S/C13H14N2O2S/c1-15-12(10(6-14-15)8-3-4-8)9-5-11(18-7-9)13(16)17-2/h5-8H,3-4H2,1-2H3. The van der Waals surface area contributed by atoms with E-state index in [1.807, 2.05) is 29.4 Å². The number of rotatable bonds is 3. The normalized spacial score (nSPS) is 14.8. The van der Waals surface area contributed by atoms with E-state index < -0.39 is 0 Å². The molecular weight excluding hydrogens is 248 g/mol. The van der Waals surface area contributed by atoms with E-state index in [2.05, 4.69) is 5.10 Å². The summed E-state index contributed by atoms with van der Waals surface area (Å²) >= 11 is 1.41. The second-order valence-electron chi connectivity index (χ2n) is 4.54. The minimum absolute atomic E-state index is 0.276. The van der Waals surface area contributed by atoms with E-state index in [0.29, 0.717) is 10.8 Å². The van der Waals surface area contributed by atoms with Crippen LogP contribution in [0.1, 0.15) is 34.0 Å². The first kappa shape index (κ1) is 11.5. The van der Waals surface area contributed by atoms with Crippen LogP contribution in [0.5, 0.6) is 0 Å². The Morgan fingerprint density at radius 1 is 1.56 bits per heavy atom. The molecule has 0 atom stereocenters. The van der Waals surface area contributed by atoms with E-state index in [-0.39, 0.29) is 5.97 Å². The highest BCUT2D eigenvalue weighted by Gasteiger charge is 2.29. The number of hydrogen-bond donors (Lipinski definition) is 0. The number of carbonyl (C=O) groups excluding carboxylic acids is 1. The zero-order valence-electron chi connectivity index (χ0n) is 10.3. The molecular formula is C13H14N2O2S. The molecule has 4 nitrogen and oxygen atoms in total. The first-order valence-corrected chi connectivity index (χ1v) is 6.77. The van der Waals surface area contributed by atoms with Crippen LogP contribution in [0.2, 0.25) is 0 Å². The fourth-order valence-corrected chi connectivity index (χ4v) is 2.98. The van der Waals surface area contributed by atoms with E-state index in [1.165, 1.54) is 36.9 Å². The Labute approximate surface area is 109 Å². The van der Waals surface area contributed by atoms with Crippen molar-refractivity contribution in [3.63, 3.8) is 0 Å². The second-order valence-corrected chi connectivity index (χ2v) is 5.45. The number of ether oxygens (including phenoxy) is 1. The molecule has 2 aromatic heterocycles. The Morgan fingerprint density at radius 2 is 2.33 bits per heavy atom. The molecule has 1 aliphatic carbocycles. The van der Waals surface area contributed by atoms with E-state index in [4.69, 9.17) is 4.74 Å². The fraction of sp³-hybridized carbons (Fsp3) is 0.385. The lowest BCUT2D eigenvalue weighted by atomic mass is 10.1. The predicted molar refractivity (Wildman–Crippen MR) is 69.8 cm³/mol. The number of methoxy groups -OCH3 is 1. The molecule has 18 heavy (non-hydrogen) atoms. The molecule has 0 bridgehead atoms. The molecule has 2 heterocycles. The lowest BCUT2D eigenvalue weighted by Gasteiger charge is -2.02. The van der Waals surface area contributed by atoms with E-state index >= 15 is 0 Å². The van der Waals surface area contributed by atoms with Crippen molar-refractivity contribution in [2.75, 3.05) is 7.11 Å². The fourth-order valence-electron chi connectivity index (χ4n) is 2.17. The van der Waals surface area contributed by atoms with Crippen molar-refractivity contribution >= 4 is 17.3 Å². The third-order valence-corrected chi connectivity index (χ3v) is 4.15. The van der Waals surface area contributed by atoms with Crippen molar-refractivity contribution in [1.82, 2.24) is 9.78 Å². The quantitative estimate of drug-likeness (QED) is 0.799. The summed E-state index contributed by atoms with van der Waals surface area (Å²) in [6.07, 6.45) is 4.43. The largest absolute Gasteiger partial charge is 0.465 e. The van der Waals surface area contributed by atoms with Gasteiger partial charge in [0.25, 0.3) is 0 Å². The van der Waals surface area contributed by atoms with Gasteiger partial charge in [-0.15, -0.1) is 11.3 Å². The molecule has 0 saturated heterocycles. The van der Waals surface area contributed by atoms with Crippen LogP contribution in [-0.2, 0) is 11.8 Å². The smallest absolute Gasteiger partial charge is 0.348 e. The van der Waals surface area contributed by atoms with Crippen LogP contribution < -0.4 is 0 Å². The third-order valence-electron chi connectivity index (χ3n) is 3.24. The van der Waals surface area contributed by atoms with Crippen molar-refractivity contribution < 1.29 is 9.53 Å². The molecule has 3 rings (SSSR count). The van der Waals surface area contributed by atoms with E-state index in [1.54, 1.807) is 0 Å². The molecule has 1 aliphatic rings. The summed E-state index contributed by atoms with van der Waals surface area (Å²) in [5, 5.41) is 6.33. The van der Waals surface area contributed by atoms with E-state index in [9.17, 15) is 4.79 Å². The number of thiophene rings is 1. The summed E-state index contributed by atoms with van der Waals surface area (Å²) < 4.78 is 6.62. The highest BCUT2D eigenvalue weighted by molar-refractivity contribution is 7.12. The summed E-state index contributed by atoms with van der Waals surface area (Å²) in [4.78, 5) is 12.1. The van der Waals surface area contributed by atoms with Crippen molar-refractivity contribution in [3.05, 3.63) is 28.1 Å². The molecule has 0 spiro atoms. The number of aromatic nitrogens is 2. The van der Waals surface area contributed by atoms with Crippen LogP contribution in [0.3, 0.4) is 0 Å². The number of aryl methyl sites for hydroxylation is 1. The van der Waals surface area contributed by atoms with Gasteiger partial charge in [0.2, 0.25) is 0 Å². The molecule has 94 valence electrons. The van der Waals surface area contributed by atoms with Crippen molar-refractivity contribution in [3.8, 4) is 11.3 Å². The number of carbonyl (C=O) groups is 1. The summed E-state index contributed by atoms with van der Waals surface area (Å²) in [7, 11) is 3.35. The summed E-state index contributed by atoms with van der Waals surface area (Å²) in [5.41, 5.74) is 3.48. The number of hydrogen-bond acceptors (Lipinski definition) is 4. The van der Waals surface area contributed by atoms with Crippen LogP contribution in [0.25, 0.3) is 11.3 Å². The summed E-state index contributed by atoms with van der Waals surface area (Å²) in [5.74, 6) is 0.372. The van der Waals surface area contributed by atoms with Crippen LogP contribution in [0.15, 0.2) is 17.6 Å². The van der Waals surface area contributed by atoms with Gasteiger partial charge in [0.15, 0.2) is 0 Å². The van der Waals surface area contributed by atoms with Gasteiger partial charge in [-0.05, 0) is 24.8 Å². The van der Waals surface area contributed by atoms with Crippen LogP contribution in [0.4, 0.5) is 0 Å². The minimum Gasteiger partial charge on any atom is -0.465 e. The van der Waals surface area contributed by atoms with Gasteiger partial charge in [0.05, 0.1) is 19.0 Å². The zero-order valence-corrected chi connectivity index (χ0v) is 11.2. The maximum absolute atomic E-state index is 11.5. The Bertz CT molecular complexity index is 596. The maximum Gasteiger partial charge on any atom is 0.348 e. The highest BCUT2D eigenvalue weighted by Crippen LogP contribution is 2.44.